The Morgan fingerprint density at radius 1 is 1.11 bits per heavy atom. The van der Waals surface area contributed by atoms with Crippen molar-refractivity contribution in [3.05, 3.63) is 58.1 Å². The molecule has 0 saturated carbocycles. The third-order valence-corrected chi connectivity index (χ3v) is 3.21. The van der Waals surface area contributed by atoms with Crippen LogP contribution in [0.15, 0.2) is 36.4 Å². The Kier molecular flexibility index (Phi) is 3.76. The molecule has 3 nitrogen and oxygen atoms in total. The molecule has 0 aliphatic carbocycles. The van der Waals surface area contributed by atoms with Gasteiger partial charge in [0.2, 0.25) is 0 Å². The molecule has 4 heteroatoms. The lowest BCUT2D eigenvalue weighted by Gasteiger charge is -2.09. The fraction of sp³-hybridized carbons (Fsp3) is 0.133. The molecule has 0 radical (unpaired) electrons. The summed E-state index contributed by atoms with van der Waals surface area (Å²) in [5.41, 5.74) is 9.57. The Bertz CT molecular complexity index is 638. The van der Waals surface area contributed by atoms with Crippen LogP contribution in [0.1, 0.15) is 21.5 Å². The molecule has 0 aromatic heterocycles. The van der Waals surface area contributed by atoms with E-state index in [2.05, 4.69) is 5.32 Å². The SMILES string of the molecule is Cc1ccc(C(=O)Nc2ccc(Cl)cc2C)cc1N. The van der Waals surface area contributed by atoms with Gasteiger partial charge in [-0.3, -0.25) is 4.79 Å². The second-order valence-electron chi connectivity index (χ2n) is 4.48. The summed E-state index contributed by atoms with van der Waals surface area (Å²) in [7, 11) is 0. The van der Waals surface area contributed by atoms with Crippen LogP contribution in [0.25, 0.3) is 0 Å². The fourth-order valence-electron chi connectivity index (χ4n) is 1.74. The molecule has 2 aromatic carbocycles. The second-order valence-corrected chi connectivity index (χ2v) is 4.92. The quantitative estimate of drug-likeness (QED) is 0.819. The van der Waals surface area contributed by atoms with E-state index in [0.717, 1.165) is 16.8 Å². The van der Waals surface area contributed by atoms with Gasteiger partial charge in [0, 0.05) is 22.0 Å². The van der Waals surface area contributed by atoms with Crippen molar-refractivity contribution in [1.82, 2.24) is 0 Å². The summed E-state index contributed by atoms with van der Waals surface area (Å²) in [6.07, 6.45) is 0. The molecule has 2 aromatic rings. The fourth-order valence-corrected chi connectivity index (χ4v) is 1.97. The van der Waals surface area contributed by atoms with Gasteiger partial charge < -0.3 is 11.1 Å². The minimum absolute atomic E-state index is 0.183. The van der Waals surface area contributed by atoms with Gasteiger partial charge in [0.15, 0.2) is 0 Å². The monoisotopic (exact) mass is 274 g/mol. The van der Waals surface area contributed by atoms with Crippen LogP contribution in [0.2, 0.25) is 5.02 Å². The molecule has 0 bridgehead atoms. The minimum Gasteiger partial charge on any atom is -0.398 e. The molecule has 0 unspecified atom stereocenters. The summed E-state index contributed by atoms with van der Waals surface area (Å²) in [5, 5.41) is 3.50. The number of benzene rings is 2. The van der Waals surface area contributed by atoms with E-state index < -0.39 is 0 Å². The number of hydrogen-bond donors (Lipinski definition) is 2. The predicted molar refractivity (Wildman–Crippen MR) is 79.7 cm³/mol. The van der Waals surface area contributed by atoms with Gasteiger partial charge in [-0.2, -0.15) is 0 Å². The molecule has 0 spiro atoms. The first kappa shape index (κ1) is 13.4. The average Bonchev–Trinajstić information content (AvgIpc) is 2.36. The van der Waals surface area contributed by atoms with Crippen molar-refractivity contribution < 1.29 is 4.79 Å². The zero-order valence-corrected chi connectivity index (χ0v) is 11.6. The van der Waals surface area contributed by atoms with Gasteiger partial charge in [-0.1, -0.05) is 17.7 Å². The highest BCUT2D eigenvalue weighted by Crippen LogP contribution is 2.21. The van der Waals surface area contributed by atoms with E-state index in [1.54, 1.807) is 30.3 Å². The highest BCUT2D eigenvalue weighted by Gasteiger charge is 2.09. The molecule has 1 amide bonds. The first-order chi connectivity index (χ1) is 8.97. The summed E-state index contributed by atoms with van der Waals surface area (Å²) in [4.78, 5) is 12.1. The van der Waals surface area contributed by atoms with Gasteiger partial charge >= 0.3 is 0 Å². The van der Waals surface area contributed by atoms with E-state index in [0.29, 0.717) is 16.3 Å². The maximum atomic E-state index is 12.1. The van der Waals surface area contributed by atoms with Crippen LogP contribution >= 0.6 is 11.6 Å². The smallest absolute Gasteiger partial charge is 0.255 e. The van der Waals surface area contributed by atoms with Crippen LogP contribution in [-0.2, 0) is 0 Å². The number of nitrogens with one attached hydrogen (secondary N) is 1. The molecular formula is C15H15ClN2O. The van der Waals surface area contributed by atoms with E-state index in [1.807, 2.05) is 19.9 Å². The lowest BCUT2D eigenvalue weighted by molar-refractivity contribution is 0.102. The van der Waals surface area contributed by atoms with Crippen LogP contribution in [0.5, 0.6) is 0 Å². The maximum absolute atomic E-state index is 12.1. The number of halogens is 1. The molecule has 2 rings (SSSR count). The van der Waals surface area contributed by atoms with Crippen molar-refractivity contribution in [3.63, 3.8) is 0 Å². The molecule has 0 heterocycles. The zero-order chi connectivity index (χ0) is 14.0. The average molecular weight is 275 g/mol. The van der Waals surface area contributed by atoms with Crippen molar-refractivity contribution >= 4 is 28.9 Å². The van der Waals surface area contributed by atoms with Gasteiger partial charge in [-0.25, -0.2) is 0 Å². The number of nitrogen functional groups attached to an aromatic ring is 1. The molecule has 19 heavy (non-hydrogen) atoms. The largest absolute Gasteiger partial charge is 0.398 e. The van der Waals surface area contributed by atoms with Gasteiger partial charge in [-0.05, 0) is 55.3 Å². The van der Waals surface area contributed by atoms with Gasteiger partial charge in [0.05, 0.1) is 0 Å². The molecule has 0 saturated heterocycles. The lowest BCUT2D eigenvalue weighted by Crippen LogP contribution is -2.13. The Hall–Kier alpha value is -2.00. The highest BCUT2D eigenvalue weighted by atomic mass is 35.5. The summed E-state index contributed by atoms with van der Waals surface area (Å²) < 4.78 is 0. The summed E-state index contributed by atoms with van der Waals surface area (Å²) in [6.45, 7) is 3.80. The van der Waals surface area contributed by atoms with E-state index >= 15 is 0 Å². The van der Waals surface area contributed by atoms with Crippen LogP contribution < -0.4 is 11.1 Å². The number of amides is 1. The number of aryl methyl sites for hydroxylation is 2. The van der Waals surface area contributed by atoms with Crippen molar-refractivity contribution in [1.29, 1.82) is 0 Å². The number of rotatable bonds is 2. The maximum Gasteiger partial charge on any atom is 0.255 e. The van der Waals surface area contributed by atoms with Crippen LogP contribution in [0.3, 0.4) is 0 Å². The van der Waals surface area contributed by atoms with Gasteiger partial charge in [0.25, 0.3) is 5.91 Å². The molecule has 3 N–H and O–H groups in total. The number of anilines is 2. The predicted octanol–water partition coefficient (Wildman–Crippen LogP) is 3.79. The minimum atomic E-state index is -0.183. The molecular weight excluding hydrogens is 260 g/mol. The Labute approximate surface area is 117 Å². The zero-order valence-electron chi connectivity index (χ0n) is 10.8. The van der Waals surface area contributed by atoms with E-state index in [9.17, 15) is 4.79 Å². The van der Waals surface area contributed by atoms with Crippen LogP contribution in [0.4, 0.5) is 11.4 Å². The molecule has 0 aliphatic rings. The van der Waals surface area contributed by atoms with E-state index in [1.165, 1.54) is 0 Å². The third kappa shape index (κ3) is 3.06. The molecule has 98 valence electrons. The second kappa shape index (κ2) is 5.33. The van der Waals surface area contributed by atoms with Crippen molar-refractivity contribution in [2.75, 3.05) is 11.1 Å². The number of carbonyl (C=O) groups excluding carboxylic acids is 1. The van der Waals surface area contributed by atoms with Crippen molar-refractivity contribution in [2.24, 2.45) is 0 Å². The van der Waals surface area contributed by atoms with Crippen LogP contribution in [-0.4, -0.2) is 5.91 Å². The first-order valence-electron chi connectivity index (χ1n) is 5.91. The molecule has 0 atom stereocenters. The number of carbonyl (C=O) groups is 1. The van der Waals surface area contributed by atoms with Crippen LogP contribution in [0, 0.1) is 13.8 Å². The third-order valence-electron chi connectivity index (χ3n) is 2.98. The van der Waals surface area contributed by atoms with Gasteiger partial charge in [-0.15, -0.1) is 0 Å². The van der Waals surface area contributed by atoms with Gasteiger partial charge in [0.1, 0.15) is 0 Å². The van der Waals surface area contributed by atoms with E-state index in [4.69, 9.17) is 17.3 Å². The topological polar surface area (TPSA) is 55.1 Å². The van der Waals surface area contributed by atoms with Crippen molar-refractivity contribution in [2.45, 2.75) is 13.8 Å². The highest BCUT2D eigenvalue weighted by molar-refractivity contribution is 6.30. The summed E-state index contributed by atoms with van der Waals surface area (Å²) in [5.74, 6) is -0.183. The standard InChI is InChI=1S/C15H15ClN2O/c1-9-3-4-11(8-13(9)17)15(19)18-14-6-5-12(16)7-10(14)2/h3-8H,17H2,1-2H3,(H,18,19). The lowest BCUT2D eigenvalue weighted by atomic mass is 10.1. The molecule has 0 aliphatic heterocycles. The Morgan fingerprint density at radius 3 is 2.47 bits per heavy atom. The van der Waals surface area contributed by atoms with Crippen molar-refractivity contribution in [3.8, 4) is 0 Å². The Morgan fingerprint density at radius 2 is 1.84 bits per heavy atom. The number of nitrogens with two attached hydrogens (primary N) is 1. The first-order valence-corrected chi connectivity index (χ1v) is 6.29. The Balaban J connectivity index is 2.23. The summed E-state index contributed by atoms with van der Waals surface area (Å²) in [6, 6.07) is 10.6. The normalized spacial score (nSPS) is 10.3. The van der Waals surface area contributed by atoms with E-state index in [-0.39, 0.29) is 5.91 Å². The summed E-state index contributed by atoms with van der Waals surface area (Å²) >= 11 is 5.88. The molecule has 0 fully saturated rings. The number of hydrogen-bond acceptors (Lipinski definition) is 2.